The van der Waals surface area contributed by atoms with Crippen LogP contribution in [-0.2, 0) is 15.1 Å². The molecule has 4 amide bonds. The molecule has 0 spiro atoms. The standard InChI is InChI=1S/C23H23N5O3/c1-16(2)28-19(13-14-24-28)25-20(29)15-27-21(30)23(26-22(27)31,17-9-5-3-6-10-17)18-11-7-4-8-12-18/h3-14,16H,15H2,1-2H3,(H,25,29)(H,26,31). The average Bonchev–Trinajstić information content (AvgIpc) is 3.33. The lowest BCUT2D eigenvalue weighted by Gasteiger charge is -2.28. The second-order valence-electron chi connectivity index (χ2n) is 7.61. The van der Waals surface area contributed by atoms with Gasteiger partial charge in [0.25, 0.3) is 5.91 Å². The Labute approximate surface area is 179 Å². The Morgan fingerprint density at radius 1 is 1.00 bits per heavy atom. The zero-order valence-electron chi connectivity index (χ0n) is 17.3. The van der Waals surface area contributed by atoms with Gasteiger partial charge in [-0.25, -0.2) is 9.48 Å². The number of nitrogens with one attached hydrogen (secondary N) is 2. The van der Waals surface area contributed by atoms with E-state index in [0.717, 1.165) is 4.90 Å². The van der Waals surface area contributed by atoms with E-state index in [2.05, 4.69) is 15.7 Å². The van der Waals surface area contributed by atoms with Crippen molar-refractivity contribution in [1.82, 2.24) is 20.0 Å². The van der Waals surface area contributed by atoms with E-state index in [0.29, 0.717) is 16.9 Å². The van der Waals surface area contributed by atoms with Crippen molar-refractivity contribution in [2.75, 3.05) is 11.9 Å². The molecule has 0 atom stereocenters. The number of amides is 4. The molecule has 1 aliphatic heterocycles. The Balaban J connectivity index is 1.64. The van der Waals surface area contributed by atoms with Crippen molar-refractivity contribution in [3.63, 3.8) is 0 Å². The molecule has 8 nitrogen and oxygen atoms in total. The van der Waals surface area contributed by atoms with Gasteiger partial charge < -0.3 is 10.6 Å². The maximum Gasteiger partial charge on any atom is 0.326 e. The second-order valence-corrected chi connectivity index (χ2v) is 7.61. The molecular weight excluding hydrogens is 394 g/mol. The van der Waals surface area contributed by atoms with Crippen molar-refractivity contribution in [2.45, 2.75) is 25.4 Å². The molecule has 2 heterocycles. The van der Waals surface area contributed by atoms with Gasteiger partial charge in [0, 0.05) is 12.1 Å². The molecule has 0 bridgehead atoms. The molecule has 0 saturated carbocycles. The predicted octanol–water partition coefficient (Wildman–Crippen LogP) is 2.90. The van der Waals surface area contributed by atoms with Gasteiger partial charge >= 0.3 is 6.03 Å². The largest absolute Gasteiger partial charge is 0.326 e. The second kappa shape index (κ2) is 8.06. The monoisotopic (exact) mass is 417 g/mol. The summed E-state index contributed by atoms with van der Waals surface area (Å²) in [4.78, 5) is 40.1. The van der Waals surface area contributed by atoms with Crippen molar-refractivity contribution >= 4 is 23.7 Å². The van der Waals surface area contributed by atoms with Gasteiger partial charge in [-0.05, 0) is 25.0 Å². The number of carbonyl (C=O) groups excluding carboxylic acids is 3. The molecule has 4 rings (SSSR count). The van der Waals surface area contributed by atoms with Crippen molar-refractivity contribution < 1.29 is 14.4 Å². The van der Waals surface area contributed by atoms with Crippen LogP contribution in [0.25, 0.3) is 0 Å². The molecular formula is C23H23N5O3. The highest BCUT2D eigenvalue weighted by molar-refractivity contribution is 6.12. The zero-order chi connectivity index (χ0) is 22.0. The van der Waals surface area contributed by atoms with Crippen LogP contribution in [0.15, 0.2) is 72.9 Å². The molecule has 0 unspecified atom stereocenters. The number of aromatic nitrogens is 2. The highest BCUT2D eigenvalue weighted by atomic mass is 16.2. The number of anilines is 1. The van der Waals surface area contributed by atoms with Crippen LogP contribution in [0, 0.1) is 0 Å². The fourth-order valence-electron chi connectivity index (χ4n) is 3.80. The first-order valence-electron chi connectivity index (χ1n) is 10.0. The van der Waals surface area contributed by atoms with E-state index in [1.54, 1.807) is 41.2 Å². The summed E-state index contributed by atoms with van der Waals surface area (Å²) < 4.78 is 1.65. The summed E-state index contributed by atoms with van der Waals surface area (Å²) in [6, 6.07) is 19.2. The topological polar surface area (TPSA) is 96.3 Å². The van der Waals surface area contributed by atoms with Crippen LogP contribution in [0.3, 0.4) is 0 Å². The average molecular weight is 417 g/mol. The van der Waals surface area contributed by atoms with E-state index in [1.165, 1.54) is 0 Å². The molecule has 2 N–H and O–H groups in total. The third-order valence-corrected chi connectivity index (χ3v) is 5.25. The van der Waals surface area contributed by atoms with E-state index < -0.39 is 29.9 Å². The van der Waals surface area contributed by atoms with E-state index in [9.17, 15) is 14.4 Å². The van der Waals surface area contributed by atoms with Gasteiger partial charge in [0.05, 0.1) is 6.20 Å². The first-order chi connectivity index (χ1) is 14.9. The first kappa shape index (κ1) is 20.3. The smallest absolute Gasteiger partial charge is 0.315 e. The normalized spacial score (nSPS) is 15.3. The summed E-state index contributed by atoms with van der Waals surface area (Å²) in [5, 5.41) is 9.74. The Morgan fingerprint density at radius 3 is 2.13 bits per heavy atom. The summed E-state index contributed by atoms with van der Waals surface area (Å²) in [6.45, 7) is 3.47. The number of hydrogen-bond donors (Lipinski definition) is 2. The number of rotatable bonds is 6. The van der Waals surface area contributed by atoms with Gasteiger partial charge in [0.15, 0.2) is 5.54 Å². The molecule has 1 aliphatic rings. The van der Waals surface area contributed by atoms with Crippen LogP contribution in [0.1, 0.15) is 31.0 Å². The highest BCUT2D eigenvalue weighted by Crippen LogP contribution is 2.35. The molecule has 8 heteroatoms. The molecule has 0 aliphatic carbocycles. The molecule has 2 aromatic carbocycles. The molecule has 3 aromatic rings. The number of nitrogens with zero attached hydrogens (tertiary/aromatic N) is 3. The minimum atomic E-state index is -1.39. The number of hydrogen-bond acceptors (Lipinski definition) is 4. The maximum absolute atomic E-state index is 13.6. The quantitative estimate of drug-likeness (QED) is 0.603. The van der Waals surface area contributed by atoms with Gasteiger partial charge in [-0.15, -0.1) is 0 Å². The minimum absolute atomic E-state index is 0.0471. The first-order valence-corrected chi connectivity index (χ1v) is 10.0. The third-order valence-electron chi connectivity index (χ3n) is 5.25. The van der Waals surface area contributed by atoms with Crippen LogP contribution in [0.2, 0.25) is 0 Å². The summed E-state index contributed by atoms with van der Waals surface area (Å²) >= 11 is 0. The fourth-order valence-corrected chi connectivity index (χ4v) is 3.80. The lowest BCUT2D eigenvalue weighted by Crippen LogP contribution is -2.45. The maximum atomic E-state index is 13.6. The van der Waals surface area contributed by atoms with Crippen molar-refractivity contribution in [1.29, 1.82) is 0 Å². The molecule has 1 aromatic heterocycles. The van der Waals surface area contributed by atoms with Gasteiger partial charge in [0.2, 0.25) is 5.91 Å². The summed E-state index contributed by atoms with van der Waals surface area (Å²) in [5.74, 6) is -0.477. The van der Waals surface area contributed by atoms with Crippen LogP contribution in [-0.4, -0.2) is 39.1 Å². The van der Waals surface area contributed by atoms with E-state index in [4.69, 9.17) is 0 Å². The van der Waals surface area contributed by atoms with Crippen molar-refractivity contribution in [3.8, 4) is 0 Å². The van der Waals surface area contributed by atoms with Crippen LogP contribution in [0.4, 0.5) is 10.6 Å². The Morgan fingerprint density at radius 2 is 1.58 bits per heavy atom. The predicted molar refractivity (Wildman–Crippen MR) is 115 cm³/mol. The fraction of sp³-hybridized carbons (Fsp3) is 0.217. The molecule has 0 radical (unpaired) electrons. The molecule has 1 saturated heterocycles. The van der Waals surface area contributed by atoms with Crippen LogP contribution < -0.4 is 10.6 Å². The summed E-state index contributed by atoms with van der Waals surface area (Å²) in [7, 11) is 0. The molecule has 1 fully saturated rings. The van der Waals surface area contributed by atoms with Gasteiger partial charge in [0.1, 0.15) is 12.4 Å². The molecule has 158 valence electrons. The zero-order valence-corrected chi connectivity index (χ0v) is 17.3. The van der Waals surface area contributed by atoms with E-state index >= 15 is 0 Å². The van der Waals surface area contributed by atoms with Gasteiger partial charge in [-0.1, -0.05) is 60.7 Å². The lowest BCUT2D eigenvalue weighted by atomic mass is 9.82. The summed E-state index contributed by atoms with van der Waals surface area (Å²) in [6.07, 6.45) is 1.58. The summed E-state index contributed by atoms with van der Waals surface area (Å²) in [5.41, 5.74) is -0.139. The number of benzene rings is 2. The molecule has 31 heavy (non-hydrogen) atoms. The third kappa shape index (κ3) is 3.56. The van der Waals surface area contributed by atoms with Gasteiger partial charge in [-0.3, -0.25) is 14.5 Å². The Kier molecular flexibility index (Phi) is 5.29. The van der Waals surface area contributed by atoms with Gasteiger partial charge in [-0.2, -0.15) is 5.10 Å². The SMILES string of the molecule is CC(C)n1nccc1NC(=O)CN1C(=O)NC(c2ccccc2)(c2ccccc2)C1=O. The Bertz CT molecular complexity index is 1070. The van der Waals surface area contributed by atoms with Crippen LogP contribution >= 0.6 is 0 Å². The number of imide groups is 1. The van der Waals surface area contributed by atoms with Crippen molar-refractivity contribution in [3.05, 3.63) is 84.1 Å². The van der Waals surface area contributed by atoms with Crippen LogP contribution in [0.5, 0.6) is 0 Å². The minimum Gasteiger partial charge on any atom is -0.315 e. The number of carbonyl (C=O) groups is 3. The Hall–Kier alpha value is -3.94. The van der Waals surface area contributed by atoms with E-state index in [-0.39, 0.29) is 6.04 Å². The lowest BCUT2D eigenvalue weighted by molar-refractivity contribution is -0.133. The highest BCUT2D eigenvalue weighted by Gasteiger charge is 2.54. The van der Waals surface area contributed by atoms with E-state index in [1.807, 2.05) is 50.2 Å². The number of urea groups is 1. The van der Waals surface area contributed by atoms with Crippen molar-refractivity contribution in [2.24, 2.45) is 0 Å².